The molecule has 0 radical (unpaired) electrons. The topological polar surface area (TPSA) is 18.5 Å². The summed E-state index contributed by atoms with van der Waals surface area (Å²) in [4.78, 5) is 0. The van der Waals surface area contributed by atoms with E-state index in [4.69, 9.17) is 9.16 Å². The average Bonchev–Trinajstić information content (AvgIpc) is 2.93. The molecule has 2 bridgehead atoms. The maximum Gasteiger partial charge on any atom is 0.191 e. The van der Waals surface area contributed by atoms with Gasteiger partial charge in [0.05, 0.1) is 11.7 Å². The molecule has 3 heteroatoms. The Morgan fingerprint density at radius 2 is 2.05 bits per heavy atom. The van der Waals surface area contributed by atoms with Gasteiger partial charge in [-0.25, -0.2) is 0 Å². The Labute approximate surface area is 131 Å². The minimum atomic E-state index is -1.63. The molecule has 0 N–H and O–H groups in total. The summed E-state index contributed by atoms with van der Waals surface area (Å²) >= 11 is 0. The van der Waals surface area contributed by atoms with E-state index in [1.807, 2.05) is 0 Å². The number of hydrogen-bond donors (Lipinski definition) is 0. The third-order valence-electron chi connectivity index (χ3n) is 6.51. The third kappa shape index (κ3) is 2.77. The average molecular weight is 309 g/mol. The molecule has 3 atom stereocenters. The van der Waals surface area contributed by atoms with E-state index in [-0.39, 0.29) is 5.60 Å². The van der Waals surface area contributed by atoms with Gasteiger partial charge in [0, 0.05) is 12.5 Å². The molecule has 120 valence electrons. The second-order valence-corrected chi connectivity index (χ2v) is 13.6. The van der Waals surface area contributed by atoms with Gasteiger partial charge in [-0.05, 0) is 62.2 Å². The first kappa shape index (κ1) is 15.8. The Balaban J connectivity index is 1.65. The van der Waals surface area contributed by atoms with E-state index in [0.717, 1.165) is 6.61 Å². The van der Waals surface area contributed by atoms with Gasteiger partial charge in [0.15, 0.2) is 8.32 Å². The lowest BCUT2D eigenvalue weighted by Crippen LogP contribution is -2.43. The predicted molar refractivity (Wildman–Crippen MR) is 90.0 cm³/mol. The Morgan fingerprint density at radius 1 is 1.29 bits per heavy atom. The molecule has 2 fully saturated rings. The molecule has 3 aliphatic rings. The largest absolute Gasteiger partial charge is 0.416 e. The van der Waals surface area contributed by atoms with E-state index in [2.05, 4.69) is 39.9 Å². The van der Waals surface area contributed by atoms with Crippen LogP contribution in [0.15, 0.2) is 11.6 Å². The molecule has 2 aliphatic heterocycles. The summed E-state index contributed by atoms with van der Waals surface area (Å²) in [6, 6.07) is 0. The van der Waals surface area contributed by atoms with E-state index in [1.165, 1.54) is 38.5 Å². The number of hydrogen-bond acceptors (Lipinski definition) is 2. The van der Waals surface area contributed by atoms with Crippen molar-refractivity contribution in [1.82, 2.24) is 0 Å². The van der Waals surface area contributed by atoms with Crippen molar-refractivity contribution >= 4 is 8.32 Å². The van der Waals surface area contributed by atoms with Crippen LogP contribution in [0.1, 0.15) is 59.3 Å². The van der Waals surface area contributed by atoms with Gasteiger partial charge in [0.25, 0.3) is 0 Å². The van der Waals surface area contributed by atoms with Gasteiger partial charge < -0.3 is 9.16 Å². The highest BCUT2D eigenvalue weighted by molar-refractivity contribution is 6.74. The molecule has 1 spiro atoms. The summed E-state index contributed by atoms with van der Waals surface area (Å²) in [5.41, 5.74) is 1.76. The van der Waals surface area contributed by atoms with Crippen LogP contribution in [0, 0.1) is 5.92 Å². The molecule has 2 heterocycles. The van der Waals surface area contributed by atoms with Crippen LogP contribution >= 0.6 is 0 Å². The van der Waals surface area contributed by atoms with Crippen molar-refractivity contribution in [2.45, 2.75) is 89.1 Å². The van der Waals surface area contributed by atoms with Gasteiger partial charge in [-0.15, -0.1) is 0 Å². The lowest BCUT2D eigenvalue weighted by atomic mass is 9.84. The highest BCUT2D eigenvalue weighted by Gasteiger charge is 2.49. The van der Waals surface area contributed by atoms with Crippen molar-refractivity contribution in [2.75, 3.05) is 6.61 Å². The zero-order chi connectivity index (χ0) is 15.3. The number of rotatable bonds is 3. The molecule has 0 saturated carbocycles. The van der Waals surface area contributed by atoms with Gasteiger partial charge in [-0.2, -0.15) is 0 Å². The van der Waals surface area contributed by atoms with E-state index >= 15 is 0 Å². The molecule has 21 heavy (non-hydrogen) atoms. The van der Waals surface area contributed by atoms with Crippen molar-refractivity contribution in [2.24, 2.45) is 5.92 Å². The fourth-order valence-corrected chi connectivity index (χ4v) is 5.00. The maximum atomic E-state index is 6.56. The number of fused-ring (bicyclic) bond motifs is 1. The quantitative estimate of drug-likeness (QED) is 0.536. The molecule has 0 aromatic carbocycles. The van der Waals surface area contributed by atoms with Gasteiger partial charge in [-0.3, -0.25) is 0 Å². The molecule has 2 nitrogen and oxygen atoms in total. The van der Waals surface area contributed by atoms with Crippen LogP contribution in [0.3, 0.4) is 0 Å². The number of allylic oxidation sites excluding steroid dienone is 1. The Bertz CT molecular complexity index is 435. The van der Waals surface area contributed by atoms with Crippen molar-refractivity contribution in [3.8, 4) is 0 Å². The Morgan fingerprint density at radius 3 is 2.76 bits per heavy atom. The van der Waals surface area contributed by atoms with E-state index < -0.39 is 8.32 Å². The van der Waals surface area contributed by atoms with Crippen LogP contribution in [0.25, 0.3) is 0 Å². The fourth-order valence-electron chi connectivity index (χ4n) is 3.94. The maximum absolute atomic E-state index is 6.56. The number of ether oxygens (including phenoxy) is 1. The van der Waals surface area contributed by atoms with Gasteiger partial charge in [0.1, 0.15) is 0 Å². The first-order chi connectivity index (χ1) is 9.74. The summed E-state index contributed by atoms with van der Waals surface area (Å²) in [6.07, 6.45) is 10.3. The first-order valence-corrected chi connectivity index (χ1v) is 11.7. The predicted octanol–water partition coefficient (Wildman–Crippen LogP) is 5.06. The summed E-state index contributed by atoms with van der Waals surface area (Å²) in [5.74, 6) is 0.602. The molecule has 0 amide bonds. The Kier molecular flexibility index (Phi) is 3.91. The lowest BCUT2D eigenvalue weighted by molar-refractivity contribution is -0.0390. The molecule has 0 aromatic heterocycles. The molecule has 3 rings (SSSR count). The van der Waals surface area contributed by atoms with Crippen LogP contribution in [-0.2, 0) is 9.16 Å². The normalized spacial score (nSPS) is 36.3. The second-order valence-electron chi connectivity index (χ2n) is 8.83. The summed E-state index contributed by atoms with van der Waals surface area (Å²) in [7, 11) is -1.63. The fraction of sp³-hybridized carbons (Fsp3) is 0.889. The minimum Gasteiger partial charge on any atom is -0.416 e. The SMILES string of the molecule is CC(C)(C)[Si](C)(C)OC[C@@H]1CCC2=CCC[C@]23CC[C@@H]1O3. The van der Waals surface area contributed by atoms with Gasteiger partial charge in [-0.1, -0.05) is 26.8 Å². The van der Waals surface area contributed by atoms with E-state index in [0.29, 0.717) is 17.1 Å². The zero-order valence-electron chi connectivity index (χ0n) is 14.5. The zero-order valence-corrected chi connectivity index (χ0v) is 15.5. The van der Waals surface area contributed by atoms with E-state index in [9.17, 15) is 0 Å². The van der Waals surface area contributed by atoms with Crippen LogP contribution < -0.4 is 0 Å². The van der Waals surface area contributed by atoms with Crippen molar-refractivity contribution in [3.63, 3.8) is 0 Å². The summed E-state index contributed by atoms with van der Waals surface area (Å²) < 4.78 is 13.1. The van der Waals surface area contributed by atoms with Crippen LogP contribution in [0.5, 0.6) is 0 Å². The van der Waals surface area contributed by atoms with Gasteiger partial charge >= 0.3 is 0 Å². The van der Waals surface area contributed by atoms with Gasteiger partial charge in [0.2, 0.25) is 0 Å². The van der Waals surface area contributed by atoms with Crippen molar-refractivity contribution in [1.29, 1.82) is 0 Å². The lowest BCUT2D eigenvalue weighted by Gasteiger charge is -2.38. The molecule has 0 aromatic rings. The molecule has 1 aliphatic carbocycles. The second kappa shape index (κ2) is 5.21. The monoisotopic (exact) mass is 308 g/mol. The first-order valence-electron chi connectivity index (χ1n) is 8.75. The molecular weight excluding hydrogens is 276 g/mol. The van der Waals surface area contributed by atoms with E-state index in [1.54, 1.807) is 5.57 Å². The molecule has 2 saturated heterocycles. The molecular formula is C18H32O2Si. The standard InChI is InChI=1S/C18H32O2Si/c1-17(2,3)21(4,5)19-13-14-8-9-15-7-6-11-18(15)12-10-16(14)20-18/h7,14,16H,6,8-13H2,1-5H3/t14-,16-,18-/m0/s1. The highest BCUT2D eigenvalue weighted by Crippen LogP contribution is 2.51. The minimum absolute atomic E-state index is 0.149. The van der Waals surface area contributed by atoms with Crippen LogP contribution in [-0.4, -0.2) is 26.6 Å². The van der Waals surface area contributed by atoms with Crippen molar-refractivity contribution in [3.05, 3.63) is 11.6 Å². The highest BCUT2D eigenvalue weighted by atomic mass is 28.4. The van der Waals surface area contributed by atoms with Crippen LogP contribution in [0.2, 0.25) is 18.1 Å². The molecule has 0 unspecified atom stereocenters. The summed E-state index contributed by atoms with van der Waals surface area (Å²) in [6.45, 7) is 12.6. The Hall–Kier alpha value is -0.123. The summed E-state index contributed by atoms with van der Waals surface area (Å²) in [5, 5.41) is 0.300. The van der Waals surface area contributed by atoms with Crippen molar-refractivity contribution < 1.29 is 9.16 Å². The smallest absolute Gasteiger partial charge is 0.191 e. The third-order valence-corrected chi connectivity index (χ3v) is 11.0. The van der Waals surface area contributed by atoms with Crippen LogP contribution in [0.4, 0.5) is 0 Å².